The molecule has 4 rings (SSSR count). The Kier molecular flexibility index (Phi) is 5.94. The summed E-state index contributed by atoms with van der Waals surface area (Å²) in [5, 5.41) is 2.79. The van der Waals surface area contributed by atoms with Crippen LogP contribution in [-0.4, -0.2) is 19.2 Å². The molecule has 0 radical (unpaired) electrons. The number of benzene rings is 3. The Labute approximate surface area is 176 Å². The molecule has 1 aliphatic rings. The number of aryl methyl sites for hydroxylation is 1. The summed E-state index contributed by atoms with van der Waals surface area (Å²) < 4.78 is 18.7. The Morgan fingerprint density at radius 3 is 2.37 bits per heavy atom. The first-order chi connectivity index (χ1) is 14.6. The maximum Gasteiger partial charge on any atom is 0.407 e. The van der Waals surface area contributed by atoms with E-state index in [0.29, 0.717) is 19.6 Å². The van der Waals surface area contributed by atoms with Crippen LogP contribution in [0.2, 0.25) is 0 Å². The molecule has 0 fully saturated rings. The van der Waals surface area contributed by atoms with Gasteiger partial charge in [0, 0.05) is 12.5 Å². The molecule has 30 heavy (non-hydrogen) atoms. The van der Waals surface area contributed by atoms with Gasteiger partial charge in [0.2, 0.25) is 0 Å². The average molecular weight is 401 g/mol. The molecule has 3 nitrogen and oxygen atoms in total. The summed E-state index contributed by atoms with van der Waals surface area (Å²) in [5.74, 6) is -0.175. The van der Waals surface area contributed by atoms with Crippen molar-refractivity contribution in [3.63, 3.8) is 0 Å². The van der Waals surface area contributed by atoms with Crippen LogP contribution in [0, 0.1) is 12.7 Å². The number of amides is 1. The normalized spacial score (nSPS) is 12.6. The van der Waals surface area contributed by atoms with E-state index < -0.39 is 6.09 Å². The molecule has 1 aliphatic carbocycles. The fraction of sp³-hybridized carbons (Fsp3) is 0.192. The number of carbonyl (C=O) groups excluding carboxylic acids is 1. The van der Waals surface area contributed by atoms with Crippen LogP contribution in [0.1, 0.15) is 34.6 Å². The highest BCUT2D eigenvalue weighted by Gasteiger charge is 2.28. The molecular weight excluding hydrogens is 377 g/mol. The van der Waals surface area contributed by atoms with E-state index >= 15 is 0 Å². The molecule has 0 saturated carbocycles. The highest BCUT2D eigenvalue weighted by Crippen LogP contribution is 2.44. The summed E-state index contributed by atoms with van der Waals surface area (Å²) in [6.07, 6.45) is 4.15. The highest BCUT2D eigenvalue weighted by molar-refractivity contribution is 5.79. The molecule has 0 aromatic heterocycles. The summed E-state index contributed by atoms with van der Waals surface area (Å²) in [6.45, 7) is 2.66. The van der Waals surface area contributed by atoms with E-state index in [9.17, 15) is 9.18 Å². The van der Waals surface area contributed by atoms with Gasteiger partial charge in [0.15, 0.2) is 0 Å². The van der Waals surface area contributed by atoms with E-state index in [1.165, 1.54) is 34.4 Å². The largest absolute Gasteiger partial charge is 0.449 e. The number of halogens is 1. The minimum Gasteiger partial charge on any atom is -0.449 e. The monoisotopic (exact) mass is 401 g/mol. The molecule has 152 valence electrons. The third-order valence-corrected chi connectivity index (χ3v) is 5.45. The first-order valence-electron chi connectivity index (χ1n) is 10.1. The number of rotatable bonds is 6. The van der Waals surface area contributed by atoms with Crippen LogP contribution in [0.15, 0.2) is 72.8 Å². The van der Waals surface area contributed by atoms with Gasteiger partial charge in [-0.1, -0.05) is 66.7 Å². The predicted molar refractivity (Wildman–Crippen MR) is 118 cm³/mol. The highest BCUT2D eigenvalue weighted by atomic mass is 19.1. The summed E-state index contributed by atoms with van der Waals surface area (Å²) in [6, 6.07) is 21.2. The van der Waals surface area contributed by atoms with Crippen molar-refractivity contribution in [2.75, 3.05) is 13.2 Å². The molecule has 3 aromatic carbocycles. The van der Waals surface area contributed by atoms with Crippen LogP contribution < -0.4 is 5.32 Å². The minimum atomic E-state index is -0.414. The Balaban J connectivity index is 1.28. The standard InChI is InChI=1S/C26H24FNO2/c1-18-16-20(27)14-13-19(18)8-6-7-15-28-26(29)30-17-25-23-11-4-2-9-21(23)22-10-3-5-12-24(22)25/h2-6,8-14,16,25H,7,15,17H2,1H3,(H,28,29). The quantitative estimate of drug-likeness (QED) is 0.509. The molecular formula is C26H24FNO2. The van der Waals surface area contributed by atoms with Gasteiger partial charge in [0.1, 0.15) is 12.4 Å². The van der Waals surface area contributed by atoms with Crippen LogP contribution in [0.4, 0.5) is 9.18 Å². The molecule has 3 aromatic rings. The molecule has 0 bridgehead atoms. The molecule has 1 amide bonds. The number of hydrogen-bond acceptors (Lipinski definition) is 2. The Hall–Kier alpha value is -3.40. The molecule has 4 heteroatoms. The number of alkyl carbamates (subject to hydrolysis) is 1. The van der Waals surface area contributed by atoms with E-state index in [4.69, 9.17) is 4.74 Å². The number of carbonyl (C=O) groups is 1. The Bertz CT molecular complexity index is 1040. The van der Waals surface area contributed by atoms with E-state index in [-0.39, 0.29) is 11.7 Å². The number of hydrogen-bond donors (Lipinski definition) is 1. The van der Waals surface area contributed by atoms with Gasteiger partial charge in [-0.2, -0.15) is 0 Å². The van der Waals surface area contributed by atoms with Gasteiger partial charge >= 0.3 is 6.09 Å². The van der Waals surface area contributed by atoms with Crippen molar-refractivity contribution >= 4 is 12.2 Å². The lowest BCUT2D eigenvalue weighted by Gasteiger charge is -2.14. The van der Waals surface area contributed by atoms with Crippen LogP contribution in [-0.2, 0) is 4.74 Å². The number of ether oxygens (including phenoxy) is 1. The second kappa shape index (κ2) is 8.95. The third kappa shape index (κ3) is 4.28. The van der Waals surface area contributed by atoms with Crippen LogP contribution in [0.5, 0.6) is 0 Å². The van der Waals surface area contributed by atoms with Crippen LogP contribution in [0.3, 0.4) is 0 Å². The van der Waals surface area contributed by atoms with Crippen molar-refractivity contribution in [1.29, 1.82) is 0 Å². The van der Waals surface area contributed by atoms with Crippen molar-refractivity contribution in [3.8, 4) is 11.1 Å². The summed E-state index contributed by atoms with van der Waals surface area (Å²) in [7, 11) is 0. The SMILES string of the molecule is Cc1cc(F)ccc1C=CCCNC(=O)OCC1c2ccccc2-c2ccccc21. The average Bonchev–Trinajstić information content (AvgIpc) is 3.07. The van der Waals surface area contributed by atoms with Gasteiger partial charge in [0.25, 0.3) is 0 Å². The maximum absolute atomic E-state index is 13.1. The second-order valence-electron chi connectivity index (χ2n) is 7.44. The minimum absolute atomic E-state index is 0.0597. The molecule has 0 unspecified atom stereocenters. The zero-order chi connectivity index (χ0) is 20.9. The molecule has 0 aliphatic heterocycles. The summed E-state index contributed by atoms with van der Waals surface area (Å²) in [5.41, 5.74) is 6.67. The lowest BCUT2D eigenvalue weighted by molar-refractivity contribution is 0.143. The van der Waals surface area contributed by atoms with Gasteiger partial charge in [-0.15, -0.1) is 0 Å². The molecule has 0 spiro atoms. The zero-order valence-corrected chi connectivity index (χ0v) is 16.9. The van der Waals surface area contributed by atoms with Gasteiger partial charge in [-0.05, 0) is 58.9 Å². The lowest BCUT2D eigenvalue weighted by Crippen LogP contribution is -2.26. The van der Waals surface area contributed by atoms with E-state index in [2.05, 4.69) is 29.6 Å². The zero-order valence-electron chi connectivity index (χ0n) is 16.9. The lowest BCUT2D eigenvalue weighted by atomic mass is 9.98. The topological polar surface area (TPSA) is 38.3 Å². The third-order valence-electron chi connectivity index (χ3n) is 5.45. The predicted octanol–water partition coefficient (Wildman–Crippen LogP) is 6.08. The van der Waals surface area contributed by atoms with Gasteiger partial charge in [-0.25, -0.2) is 9.18 Å². The molecule has 0 heterocycles. The van der Waals surface area contributed by atoms with Gasteiger partial charge < -0.3 is 10.1 Å². The van der Waals surface area contributed by atoms with E-state index in [1.807, 2.05) is 43.3 Å². The van der Waals surface area contributed by atoms with Crippen LogP contribution in [0.25, 0.3) is 17.2 Å². The summed E-state index contributed by atoms with van der Waals surface area (Å²) in [4.78, 5) is 12.1. The van der Waals surface area contributed by atoms with Crippen molar-refractivity contribution < 1.29 is 13.9 Å². The second-order valence-corrected chi connectivity index (χ2v) is 7.44. The van der Waals surface area contributed by atoms with E-state index in [1.54, 1.807) is 6.07 Å². The van der Waals surface area contributed by atoms with E-state index in [0.717, 1.165) is 11.1 Å². The van der Waals surface area contributed by atoms with Crippen molar-refractivity contribution in [2.24, 2.45) is 0 Å². The van der Waals surface area contributed by atoms with Crippen molar-refractivity contribution in [3.05, 3.63) is 101 Å². The van der Waals surface area contributed by atoms with Crippen LogP contribution >= 0.6 is 0 Å². The van der Waals surface area contributed by atoms with Gasteiger partial charge in [-0.3, -0.25) is 0 Å². The Morgan fingerprint density at radius 1 is 1.03 bits per heavy atom. The molecule has 0 saturated heterocycles. The first kappa shape index (κ1) is 19.9. The fourth-order valence-corrected chi connectivity index (χ4v) is 3.94. The smallest absolute Gasteiger partial charge is 0.407 e. The molecule has 0 atom stereocenters. The van der Waals surface area contributed by atoms with Crippen molar-refractivity contribution in [1.82, 2.24) is 5.32 Å². The number of fused-ring (bicyclic) bond motifs is 3. The fourth-order valence-electron chi connectivity index (χ4n) is 3.94. The summed E-state index contributed by atoms with van der Waals surface area (Å²) >= 11 is 0. The van der Waals surface area contributed by atoms with Gasteiger partial charge in [0.05, 0.1) is 0 Å². The number of nitrogens with one attached hydrogen (secondary N) is 1. The van der Waals surface area contributed by atoms with Crippen molar-refractivity contribution in [2.45, 2.75) is 19.3 Å². The first-order valence-corrected chi connectivity index (χ1v) is 10.1. The maximum atomic E-state index is 13.1. The Morgan fingerprint density at radius 2 is 1.70 bits per heavy atom. The molecule has 1 N–H and O–H groups in total.